The van der Waals surface area contributed by atoms with Crippen molar-refractivity contribution in [1.29, 1.82) is 5.41 Å². The van der Waals surface area contributed by atoms with Gasteiger partial charge in [0, 0.05) is 38.2 Å². The molecule has 2 aromatic carbocycles. The number of rotatable bonds is 13. The number of nitrogens with zero attached hydrogens (tertiary/aromatic N) is 1. The van der Waals surface area contributed by atoms with Crippen LogP contribution in [0.15, 0.2) is 48.5 Å². The van der Waals surface area contributed by atoms with Gasteiger partial charge in [0.2, 0.25) is 5.91 Å². The van der Waals surface area contributed by atoms with E-state index in [1.54, 1.807) is 62.1 Å². The molecular weight excluding hydrogens is 524 g/mol. The summed E-state index contributed by atoms with van der Waals surface area (Å²) >= 11 is 0. The first-order valence-corrected chi connectivity index (χ1v) is 14.0. The smallest absolute Gasteiger partial charge is 0.332 e. The number of carbonyl (C=O) groups is 3. The van der Waals surface area contributed by atoms with Crippen molar-refractivity contribution in [2.45, 2.75) is 70.7 Å². The third-order valence-corrected chi connectivity index (χ3v) is 6.60. The van der Waals surface area contributed by atoms with E-state index in [0.29, 0.717) is 51.0 Å². The van der Waals surface area contributed by atoms with Gasteiger partial charge < -0.3 is 35.5 Å². The minimum absolute atomic E-state index is 0.126. The number of esters is 1. The number of nitrogens with one attached hydrogen (secondary N) is 3. The first kappa shape index (κ1) is 31.8. The molecule has 4 N–H and O–H groups in total. The van der Waals surface area contributed by atoms with Gasteiger partial charge in [0.15, 0.2) is 0 Å². The molecule has 222 valence electrons. The molecule has 2 aromatic rings. The molecule has 0 aliphatic carbocycles. The molecule has 1 fully saturated rings. The average molecular weight is 567 g/mol. The van der Waals surface area contributed by atoms with Gasteiger partial charge in [0.25, 0.3) is 5.91 Å². The number of benzene rings is 2. The Morgan fingerprint density at radius 2 is 1.68 bits per heavy atom. The summed E-state index contributed by atoms with van der Waals surface area (Å²) in [6, 6.07) is 13.0. The fourth-order valence-electron chi connectivity index (χ4n) is 4.51. The van der Waals surface area contributed by atoms with Gasteiger partial charge in [-0.25, -0.2) is 4.79 Å². The third kappa shape index (κ3) is 11.0. The molecular formula is C31H42N4O6. The van der Waals surface area contributed by atoms with Crippen LogP contribution in [0.2, 0.25) is 0 Å². The van der Waals surface area contributed by atoms with Crippen molar-refractivity contribution in [3.05, 3.63) is 65.2 Å². The number of likely N-dealkylation sites (tertiary alicyclic amines) is 1. The summed E-state index contributed by atoms with van der Waals surface area (Å²) in [7, 11) is 0. The van der Waals surface area contributed by atoms with Crippen molar-refractivity contribution in [1.82, 2.24) is 15.5 Å². The molecule has 3 rings (SSSR count). The summed E-state index contributed by atoms with van der Waals surface area (Å²) in [6.45, 7) is 7.51. The number of hydrogen-bond acceptors (Lipinski definition) is 8. The van der Waals surface area contributed by atoms with Crippen LogP contribution in [-0.2, 0) is 32.0 Å². The monoisotopic (exact) mass is 566 g/mol. The molecule has 0 bridgehead atoms. The Labute approximate surface area is 241 Å². The van der Waals surface area contributed by atoms with E-state index in [2.05, 4.69) is 10.6 Å². The highest BCUT2D eigenvalue weighted by Gasteiger charge is 2.30. The van der Waals surface area contributed by atoms with Crippen LogP contribution < -0.4 is 10.6 Å². The summed E-state index contributed by atoms with van der Waals surface area (Å²) in [6.07, 6.45) is 3.28. The van der Waals surface area contributed by atoms with Crippen LogP contribution in [0.3, 0.4) is 0 Å². The van der Waals surface area contributed by atoms with E-state index in [1.807, 2.05) is 12.1 Å². The number of piperidine rings is 1. The van der Waals surface area contributed by atoms with E-state index in [4.69, 9.17) is 14.9 Å². The molecule has 1 aliphatic rings. The second-order valence-corrected chi connectivity index (χ2v) is 11.2. The van der Waals surface area contributed by atoms with Crippen LogP contribution in [0.1, 0.15) is 61.5 Å². The van der Waals surface area contributed by atoms with Crippen LogP contribution in [0, 0.1) is 5.41 Å². The lowest BCUT2D eigenvalue weighted by atomic mass is 10.0. The van der Waals surface area contributed by atoms with Gasteiger partial charge in [0.05, 0.1) is 6.10 Å². The van der Waals surface area contributed by atoms with Crippen LogP contribution in [0.5, 0.6) is 5.75 Å². The molecule has 1 heterocycles. The van der Waals surface area contributed by atoms with Crippen LogP contribution in [-0.4, -0.2) is 78.0 Å². The van der Waals surface area contributed by atoms with Crippen molar-refractivity contribution in [2.75, 3.05) is 26.2 Å². The number of phenols is 1. The van der Waals surface area contributed by atoms with E-state index < -0.39 is 17.6 Å². The molecule has 1 atom stereocenters. The standard InChI is InChI=1S/C31H42N4O6/c1-31(2,3)41-28(37)21-40-26-13-17-35(18-14-26)30(39)27(19-22-7-11-25(36)12-8-22)34-29(38)24-9-5-23(6-10-24)20-33-16-4-15-32/h5-12,15,26-27,32-33,36H,4,13-14,16-21H2,1-3H3,(H,34,38)/t27-/m0/s1. The number of aromatic hydroxyl groups is 1. The highest BCUT2D eigenvalue weighted by molar-refractivity contribution is 5.97. The topological polar surface area (TPSA) is 141 Å². The van der Waals surface area contributed by atoms with Gasteiger partial charge >= 0.3 is 5.97 Å². The lowest BCUT2D eigenvalue weighted by molar-refractivity contribution is -0.163. The first-order chi connectivity index (χ1) is 19.5. The molecule has 0 spiro atoms. The minimum Gasteiger partial charge on any atom is -0.508 e. The van der Waals surface area contributed by atoms with Crippen molar-refractivity contribution >= 4 is 24.0 Å². The highest BCUT2D eigenvalue weighted by Crippen LogP contribution is 2.18. The molecule has 2 amide bonds. The molecule has 0 unspecified atom stereocenters. The summed E-state index contributed by atoms with van der Waals surface area (Å²) in [5.41, 5.74) is 1.70. The summed E-state index contributed by atoms with van der Waals surface area (Å²) in [4.78, 5) is 40.5. The largest absolute Gasteiger partial charge is 0.508 e. The number of phenolic OH excluding ortho intramolecular Hbond substituents is 1. The van der Waals surface area contributed by atoms with E-state index in [9.17, 15) is 19.5 Å². The van der Waals surface area contributed by atoms with Crippen LogP contribution in [0.25, 0.3) is 0 Å². The average Bonchev–Trinajstić information content (AvgIpc) is 2.94. The van der Waals surface area contributed by atoms with Crippen molar-refractivity contribution in [3.63, 3.8) is 0 Å². The molecule has 41 heavy (non-hydrogen) atoms. The molecule has 0 radical (unpaired) electrons. The van der Waals surface area contributed by atoms with Gasteiger partial charge in [-0.15, -0.1) is 0 Å². The van der Waals surface area contributed by atoms with Gasteiger partial charge in [-0.2, -0.15) is 0 Å². The third-order valence-electron chi connectivity index (χ3n) is 6.60. The Morgan fingerprint density at radius 3 is 2.29 bits per heavy atom. The number of carbonyl (C=O) groups excluding carboxylic acids is 3. The quantitative estimate of drug-likeness (QED) is 0.166. The maximum absolute atomic E-state index is 13.6. The Kier molecular flexibility index (Phi) is 11.9. The lowest BCUT2D eigenvalue weighted by Crippen LogP contribution is -2.52. The number of amides is 2. The van der Waals surface area contributed by atoms with Crippen molar-refractivity contribution in [2.24, 2.45) is 0 Å². The van der Waals surface area contributed by atoms with Gasteiger partial charge in [0.1, 0.15) is 24.0 Å². The van der Waals surface area contributed by atoms with Crippen LogP contribution >= 0.6 is 0 Å². The number of ether oxygens (including phenoxy) is 2. The van der Waals surface area contributed by atoms with Gasteiger partial charge in [-0.1, -0.05) is 24.3 Å². The summed E-state index contributed by atoms with van der Waals surface area (Å²) in [5, 5.41) is 22.9. The highest BCUT2D eigenvalue weighted by atomic mass is 16.6. The second-order valence-electron chi connectivity index (χ2n) is 11.2. The SMILES string of the molecule is CC(C)(C)OC(=O)COC1CCN(C(=O)[C@H](Cc2ccc(O)cc2)NC(=O)c2ccc(CNCCC=N)cc2)CC1. The Hall–Kier alpha value is -3.76. The van der Waals surface area contributed by atoms with Crippen molar-refractivity contribution < 1.29 is 29.0 Å². The van der Waals surface area contributed by atoms with Gasteiger partial charge in [-0.3, -0.25) is 9.59 Å². The van der Waals surface area contributed by atoms with E-state index in [-0.39, 0.29) is 36.7 Å². The zero-order valence-electron chi connectivity index (χ0n) is 24.2. The minimum atomic E-state index is -0.797. The maximum Gasteiger partial charge on any atom is 0.332 e. The molecule has 0 saturated carbocycles. The zero-order valence-corrected chi connectivity index (χ0v) is 24.2. The second kappa shape index (κ2) is 15.3. The fourth-order valence-corrected chi connectivity index (χ4v) is 4.51. The Bertz CT molecular complexity index is 1150. The lowest BCUT2D eigenvalue weighted by Gasteiger charge is -2.34. The molecule has 1 saturated heterocycles. The predicted molar refractivity (Wildman–Crippen MR) is 156 cm³/mol. The molecule has 1 aliphatic heterocycles. The molecule has 10 heteroatoms. The van der Waals surface area contributed by atoms with E-state index in [0.717, 1.165) is 11.1 Å². The van der Waals surface area contributed by atoms with E-state index in [1.165, 1.54) is 6.21 Å². The summed E-state index contributed by atoms with van der Waals surface area (Å²) in [5.74, 6) is -0.827. The van der Waals surface area contributed by atoms with E-state index >= 15 is 0 Å². The Balaban J connectivity index is 1.60. The first-order valence-electron chi connectivity index (χ1n) is 14.0. The zero-order chi connectivity index (χ0) is 29.8. The molecule has 10 nitrogen and oxygen atoms in total. The normalized spacial score (nSPS) is 14.8. The fraction of sp³-hybridized carbons (Fsp3) is 0.484. The number of hydrogen-bond donors (Lipinski definition) is 4. The molecule has 0 aromatic heterocycles. The summed E-state index contributed by atoms with van der Waals surface area (Å²) < 4.78 is 11.0. The maximum atomic E-state index is 13.6. The predicted octanol–water partition coefficient (Wildman–Crippen LogP) is 3.21. The Morgan fingerprint density at radius 1 is 1.05 bits per heavy atom. The van der Waals surface area contributed by atoms with Crippen molar-refractivity contribution in [3.8, 4) is 5.75 Å². The van der Waals surface area contributed by atoms with Gasteiger partial charge in [-0.05, 0) is 81.6 Å². The van der Waals surface area contributed by atoms with Crippen LogP contribution in [0.4, 0.5) is 0 Å².